The lowest BCUT2D eigenvalue weighted by Crippen LogP contribution is -2.40. The first kappa shape index (κ1) is 18.2. The second-order valence-electron chi connectivity index (χ2n) is 7.01. The predicted octanol–water partition coefficient (Wildman–Crippen LogP) is 5.43. The molecule has 0 aliphatic heterocycles. The van der Waals surface area contributed by atoms with Crippen LogP contribution in [0, 0.1) is 5.92 Å². The van der Waals surface area contributed by atoms with Gasteiger partial charge in [-0.3, -0.25) is 0 Å². The topological polar surface area (TPSA) is 20.2 Å². The van der Waals surface area contributed by atoms with E-state index in [1.807, 2.05) is 0 Å². The third-order valence-corrected chi connectivity index (χ3v) is 8.80. The first-order valence-corrected chi connectivity index (χ1v) is 12.1. The number of halogens is 1. The van der Waals surface area contributed by atoms with Crippen LogP contribution in [0.4, 0.5) is 0 Å². The molecule has 0 fully saturated rings. The minimum absolute atomic E-state index is 0.0974. The molecule has 1 N–H and O–H groups in total. The third-order valence-electron chi connectivity index (χ3n) is 4.66. The zero-order chi connectivity index (χ0) is 15.2. The summed E-state index contributed by atoms with van der Waals surface area (Å²) in [4.78, 5) is 10.5. The van der Waals surface area contributed by atoms with E-state index >= 15 is 0 Å². The Bertz CT molecular complexity index is 384. The van der Waals surface area contributed by atoms with Gasteiger partial charge in [0.1, 0.15) is 0 Å². The van der Waals surface area contributed by atoms with E-state index in [0.717, 1.165) is 18.8 Å². The van der Waals surface area contributed by atoms with Crippen LogP contribution in [0.15, 0.2) is 30.3 Å². The van der Waals surface area contributed by atoms with E-state index in [4.69, 9.17) is 0 Å². The van der Waals surface area contributed by atoms with Crippen LogP contribution in [0.5, 0.6) is 0 Å². The van der Waals surface area contributed by atoms with Gasteiger partial charge in [-0.15, -0.1) is 0 Å². The molecule has 1 rings (SSSR count). The smallest absolute Gasteiger partial charge is 0.188 e. The molecule has 0 saturated heterocycles. The Morgan fingerprint density at radius 1 is 1.15 bits per heavy atom. The maximum Gasteiger partial charge on any atom is 0.188 e. The van der Waals surface area contributed by atoms with Crippen LogP contribution in [-0.4, -0.2) is 17.5 Å². The molecule has 0 amide bonds. The van der Waals surface area contributed by atoms with E-state index in [1.54, 1.807) is 0 Å². The van der Waals surface area contributed by atoms with E-state index in [-0.39, 0.29) is 5.04 Å². The Kier molecular flexibility index (Phi) is 7.22. The van der Waals surface area contributed by atoms with Gasteiger partial charge in [0.15, 0.2) is 8.32 Å². The lowest BCUT2D eigenvalue weighted by atomic mass is 9.89. The van der Waals surface area contributed by atoms with Crippen LogP contribution in [0.3, 0.4) is 0 Å². The quantitative estimate of drug-likeness (QED) is 0.348. The molecule has 0 spiro atoms. The molecule has 0 aliphatic carbocycles. The van der Waals surface area contributed by atoms with Crippen molar-refractivity contribution in [2.45, 2.75) is 57.7 Å². The van der Waals surface area contributed by atoms with Gasteiger partial charge in [0.25, 0.3) is 0 Å². The van der Waals surface area contributed by atoms with Crippen LogP contribution in [0.2, 0.25) is 18.1 Å². The van der Waals surface area contributed by atoms with Crippen molar-refractivity contribution in [3.63, 3.8) is 0 Å². The fourth-order valence-corrected chi connectivity index (χ4v) is 4.16. The third kappa shape index (κ3) is 5.86. The molecule has 0 saturated carbocycles. The molecule has 1 nitrogen and oxygen atoms in total. The normalized spacial score (nSPS) is 14.3. The van der Waals surface area contributed by atoms with Crippen molar-refractivity contribution >= 4 is 30.9 Å². The molecule has 0 heterocycles. The summed E-state index contributed by atoms with van der Waals surface area (Å²) in [7, 11) is -2.09. The van der Waals surface area contributed by atoms with Gasteiger partial charge in [-0.1, -0.05) is 66.8 Å². The maximum atomic E-state index is 10.5. The highest BCUT2D eigenvalue weighted by atomic mass is 127. The number of rotatable bonds is 8. The Morgan fingerprint density at radius 2 is 1.75 bits per heavy atom. The standard InChI is InChI=1S/C17H29IOSi/c1-17(2,20(3,4)19)14-16(12-13-18)11-10-15-8-6-5-7-9-15/h5-9,16,19H,10-14H2,1-4H3/t16-/m0/s1. The second-order valence-corrected chi connectivity index (χ2v) is 12.6. The summed E-state index contributed by atoms with van der Waals surface area (Å²) in [6.07, 6.45) is 4.81. The van der Waals surface area contributed by atoms with Crippen molar-refractivity contribution in [3.8, 4) is 0 Å². The minimum Gasteiger partial charge on any atom is -0.432 e. The molecule has 0 radical (unpaired) electrons. The Morgan fingerprint density at radius 3 is 2.25 bits per heavy atom. The van der Waals surface area contributed by atoms with Gasteiger partial charge in [0.05, 0.1) is 0 Å². The van der Waals surface area contributed by atoms with Gasteiger partial charge < -0.3 is 4.80 Å². The van der Waals surface area contributed by atoms with E-state index < -0.39 is 8.32 Å². The van der Waals surface area contributed by atoms with Crippen LogP contribution in [-0.2, 0) is 6.42 Å². The maximum absolute atomic E-state index is 10.5. The summed E-state index contributed by atoms with van der Waals surface area (Å²) in [6.45, 7) is 8.65. The highest BCUT2D eigenvalue weighted by Gasteiger charge is 2.39. The van der Waals surface area contributed by atoms with Gasteiger partial charge in [-0.25, -0.2) is 0 Å². The number of aryl methyl sites for hydroxylation is 1. The number of alkyl halides is 1. The van der Waals surface area contributed by atoms with Crippen LogP contribution in [0.1, 0.15) is 38.7 Å². The molecular formula is C17H29IOSi. The molecular weight excluding hydrogens is 375 g/mol. The monoisotopic (exact) mass is 404 g/mol. The molecule has 3 heteroatoms. The van der Waals surface area contributed by atoms with Crippen molar-refractivity contribution in [2.75, 3.05) is 4.43 Å². The summed E-state index contributed by atoms with van der Waals surface area (Å²) in [5, 5.41) is 0.0974. The Balaban J connectivity index is 2.61. The van der Waals surface area contributed by atoms with Gasteiger partial charge in [0, 0.05) is 0 Å². The van der Waals surface area contributed by atoms with Crippen molar-refractivity contribution in [3.05, 3.63) is 35.9 Å². The van der Waals surface area contributed by atoms with Gasteiger partial charge in [-0.05, 0) is 59.7 Å². The zero-order valence-corrected chi connectivity index (χ0v) is 16.5. The van der Waals surface area contributed by atoms with Crippen molar-refractivity contribution in [1.82, 2.24) is 0 Å². The number of hydrogen-bond acceptors (Lipinski definition) is 1. The molecule has 1 aromatic rings. The van der Waals surface area contributed by atoms with Gasteiger partial charge >= 0.3 is 0 Å². The van der Waals surface area contributed by atoms with Crippen LogP contribution >= 0.6 is 22.6 Å². The highest BCUT2D eigenvalue weighted by molar-refractivity contribution is 14.1. The Hall–Kier alpha value is 0.127. The Labute approximate surface area is 139 Å². The molecule has 0 aliphatic rings. The first-order valence-electron chi connectivity index (χ1n) is 7.58. The molecule has 1 atom stereocenters. The first-order chi connectivity index (χ1) is 9.26. The van der Waals surface area contributed by atoms with Gasteiger partial charge in [0.2, 0.25) is 0 Å². The van der Waals surface area contributed by atoms with Gasteiger partial charge in [-0.2, -0.15) is 0 Å². The highest BCUT2D eigenvalue weighted by Crippen LogP contribution is 2.43. The van der Waals surface area contributed by atoms with Crippen molar-refractivity contribution < 1.29 is 4.80 Å². The summed E-state index contributed by atoms with van der Waals surface area (Å²) < 4.78 is 1.21. The SMILES string of the molecule is CC(C)(C[C@H](CCI)CCc1ccccc1)[Si](C)(C)O. The van der Waals surface area contributed by atoms with E-state index in [9.17, 15) is 4.80 Å². The fraction of sp³-hybridized carbons (Fsp3) is 0.647. The summed E-state index contributed by atoms with van der Waals surface area (Å²) in [6, 6.07) is 10.8. The number of hydrogen-bond donors (Lipinski definition) is 1. The molecule has 0 unspecified atom stereocenters. The van der Waals surface area contributed by atoms with E-state index in [2.05, 4.69) is 79.9 Å². The van der Waals surface area contributed by atoms with E-state index in [1.165, 1.54) is 22.8 Å². The average Bonchev–Trinajstić information content (AvgIpc) is 2.36. The lowest BCUT2D eigenvalue weighted by molar-refractivity contribution is 0.353. The zero-order valence-electron chi connectivity index (χ0n) is 13.3. The van der Waals surface area contributed by atoms with E-state index in [0.29, 0.717) is 0 Å². The molecule has 1 aromatic carbocycles. The van der Waals surface area contributed by atoms with Crippen LogP contribution in [0.25, 0.3) is 0 Å². The summed E-state index contributed by atoms with van der Waals surface area (Å²) in [5.74, 6) is 0.723. The average molecular weight is 404 g/mol. The predicted molar refractivity (Wildman–Crippen MR) is 100 cm³/mol. The largest absolute Gasteiger partial charge is 0.432 e. The second kappa shape index (κ2) is 7.94. The molecule has 20 heavy (non-hydrogen) atoms. The van der Waals surface area contributed by atoms with Crippen LogP contribution < -0.4 is 0 Å². The molecule has 114 valence electrons. The van der Waals surface area contributed by atoms with Crippen molar-refractivity contribution in [2.24, 2.45) is 5.92 Å². The summed E-state index contributed by atoms with van der Waals surface area (Å²) in [5.41, 5.74) is 1.43. The number of benzene rings is 1. The van der Waals surface area contributed by atoms with Crippen molar-refractivity contribution in [1.29, 1.82) is 0 Å². The molecule has 0 bridgehead atoms. The molecule has 0 aromatic heterocycles. The minimum atomic E-state index is -2.09. The lowest BCUT2D eigenvalue weighted by Gasteiger charge is -2.38. The summed E-state index contributed by atoms with van der Waals surface area (Å²) >= 11 is 2.48. The fourth-order valence-electron chi connectivity index (χ4n) is 2.49.